The SMILES string of the molecule is O=C(O)c1cc(Br)cc(Br)c1NC1=CC(=O)N(CCO)C1=O. The second kappa shape index (κ2) is 6.59. The van der Waals surface area contributed by atoms with Crippen LogP contribution in [0.4, 0.5) is 5.69 Å². The molecule has 0 saturated carbocycles. The molecule has 1 aliphatic rings. The van der Waals surface area contributed by atoms with Gasteiger partial charge in [0.05, 0.1) is 24.4 Å². The van der Waals surface area contributed by atoms with E-state index in [-0.39, 0.29) is 30.1 Å². The van der Waals surface area contributed by atoms with Gasteiger partial charge >= 0.3 is 5.97 Å². The lowest BCUT2D eigenvalue weighted by molar-refractivity contribution is -0.137. The van der Waals surface area contributed by atoms with Crippen molar-refractivity contribution in [2.75, 3.05) is 18.5 Å². The molecule has 9 heteroatoms. The van der Waals surface area contributed by atoms with Gasteiger partial charge in [0.15, 0.2) is 0 Å². The molecule has 0 saturated heterocycles. The number of aromatic carboxylic acids is 1. The molecule has 0 aliphatic carbocycles. The molecular formula is C13H10Br2N2O5. The van der Waals surface area contributed by atoms with E-state index < -0.39 is 17.8 Å². The summed E-state index contributed by atoms with van der Waals surface area (Å²) in [6.45, 7) is -0.465. The van der Waals surface area contributed by atoms with Crippen LogP contribution in [0.5, 0.6) is 0 Å². The number of hydrogen-bond donors (Lipinski definition) is 3. The van der Waals surface area contributed by atoms with Crippen molar-refractivity contribution in [1.82, 2.24) is 4.90 Å². The van der Waals surface area contributed by atoms with Crippen LogP contribution >= 0.6 is 31.9 Å². The van der Waals surface area contributed by atoms with Crippen LogP contribution < -0.4 is 5.32 Å². The molecule has 0 spiro atoms. The maximum absolute atomic E-state index is 12.1. The normalized spacial score (nSPS) is 14.3. The second-order valence-electron chi connectivity index (χ2n) is 4.32. The van der Waals surface area contributed by atoms with Crippen molar-refractivity contribution in [3.63, 3.8) is 0 Å². The van der Waals surface area contributed by atoms with Crippen molar-refractivity contribution in [3.8, 4) is 0 Å². The van der Waals surface area contributed by atoms with Crippen molar-refractivity contribution in [3.05, 3.63) is 38.4 Å². The molecule has 1 aromatic rings. The number of nitrogens with zero attached hydrogens (tertiary/aromatic N) is 1. The fraction of sp³-hybridized carbons (Fsp3) is 0.154. The van der Waals surface area contributed by atoms with Crippen molar-refractivity contribution in [1.29, 1.82) is 0 Å². The first-order chi connectivity index (χ1) is 10.3. The molecule has 0 radical (unpaired) electrons. The van der Waals surface area contributed by atoms with Crippen LogP contribution in [0, 0.1) is 0 Å². The highest BCUT2D eigenvalue weighted by Gasteiger charge is 2.31. The molecule has 1 heterocycles. The van der Waals surface area contributed by atoms with E-state index in [2.05, 4.69) is 37.2 Å². The zero-order valence-corrected chi connectivity index (χ0v) is 14.1. The highest BCUT2D eigenvalue weighted by molar-refractivity contribution is 9.11. The molecule has 0 bridgehead atoms. The van der Waals surface area contributed by atoms with Crippen LogP contribution in [0.15, 0.2) is 32.9 Å². The van der Waals surface area contributed by atoms with Gasteiger partial charge in [-0.05, 0) is 28.1 Å². The summed E-state index contributed by atoms with van der Waals surface area (Å²) in [6, 6.07) is 2.99. The van der Waals surface area contributed by atoms with Crippen LogP contribution in [-0.2, 0) is 9.59 Å². The Morgan fingerprint density at radius 1 is 1.27 bits per heavy atom. The minimum absolute atomic E-state index is 0.0519. The number of hydrogen-bond acceptors (Lipinski definition) is 5. The van der Waals surface area contributed by atoms with E-state index in [1.807, 2.05) is 0 Å². The minimum atomic E-state index is -1.19. The summed E-state index contributed by atoms with van der Waals surface area (Å²) in [7, 11) is 0. The summed E-state index contributed by atoms with van der Waals surface area (Å²) >= 11 is 6.41. The van der Waals surface area contributed by atoms with Crippen LogP contribution in [0.2, 0.25) is 0 Å². The molecule has 116 valence electrons. The highest BCUT2D eigenvalue weighted by Crippen LogP contribution is 2.32. The number of carbonyl (C=O) groups excluding carboxylic acids is 2. The number of aliphatic hydroxyl groups excluding tert-OH is 1. The van der Waals surface area contributed by atoms with Crippen LogP contribution in [0.3, 0.4) is 0 Å². The average molecular weight is 434 g/mol. The Labute approximate surface area is 141 Å². The van der Waals surface area contributed by atoms with Crippen molar-refractivity contribution in [2.24, 2.45) is 0 Å². The van der Waals surface area contributed by atoms with E-state index in [4.69, 9.17) is 5.11 Å². The van der Waals surface area contributed by atoms with Crippen molar-refractivity contribution >= 4 is 55.3 Å². The summed E-state index contributed by atoms with van der Waals surface area (Å²) < 4.78 is 0.966. The van der Waals surface area contributed by atoms with E-state index in [0.717, 1.165) is 11.0 Å². The molecule has 0 atom stereocenters. The van der Waals surface area contributed by atoms with Crippen molar-refractivity contribution in [2.45, 2.75) is 0 Å². The lowest BCUT2D eigenvalue weighted by atomic mass is 10.1. The minimum Gasteiger partial charge on any atom is -0.478 e. The second-order valence-corrected chi connectivity index (χ2v) is 6.09. The van der Waals surface area contributed by atoms with E-state index in [9.17, 15) is 19.5 Å². The smallest absolute Gasteiger partial charge is 0.337 e. The number of β-amino-alcohol motifs (C(OH)–C–C–N with tert-alkyl or cyclic N) is 1. The third kappa shape index (κ3) is 3.21. The van der Waals surface area contributed by atoms with Gasteiger partial charge < -0.3 is 15.5 Å². The molecule has 2 amide bonds. The van der Waals surface area contributed by atoms with Gasteiger partial charge in [-0.25, -0.2) is 4.79 Å². The molecule has 1 aromatic carbocycles. The zero-order chi connectivity index (χ0) is 16.4. The first kappa shape index (κ1) is 16.7. The third-order valence-electron chi connectivity index (χ3n) is 2.88. The number of aliphatic hydroxyl groups is 1. The average Bonchev–Trinajstić information content (AvgIpc) is 2.69. The predicted molar refractivity (Wildman–Crippen MR) is 84.3 cm³/mol. The number of carboxylic acids is 1. The van der Waals surface area contributed by atoms with Gasteiger partial charge in [-0.15, -0.1) is 0 Å². The number of anilines is 1. The fourth-order valence-electron chi connectivity index (χ4n) is 1.91. The number of imide groups is 1. The molecule has 0 fully saturated rings. The van der Waals surface area contributed by atoms with Gasteiger partial charge in [-0.3, -0.25) is 14.5 Å². The number of rotatable bonds is 5. The summed E-state index contributed by atoms with van der Waals surface area (Å²) in [5.41, 5.74) is 0.0425. The van der Waals surface area contributed by atoms with E-state index in [1.54, 1.807) is 6.07 Å². The number of halogens is 2. The molecule has 22 heavy (non-hydrogen) atoms. The Bertz CT molecular complexity index is 702. The maximum atomic E-state index is 12.1. The van der Waals surface area contributed by atoms with Crippen LogP contribution in [0.25, 0.3) is 0 Å². The molecule has 3 N–H and O–H groups in total. The Kier molecular flexibility index (Phi) is 4.99. The van der Waals surface area contributed by atoms with Gasteiger partial charge in [0.25, 0.3) is 11.8 Å². The first-order valence-corrected chi connectivity index (χ1v) is 7.61. The molecular weight excluding hydrogens is 424 g/mol. The quantitative estimate of drug-likeness (QED) is 0.608. The van der Waals surface area contributed by atoms with E-state index in [1.165, 1.54) is 6.07 Å². The molecule has 7 nitrogen and oxygen atoms in total. The molecule has 2 rings (SSSR count). The summed E-state index contributed by atoms with van der Waals surface area (Å²) in [5, 5.41) is 20.8. The maximum Gasteiger partial charge on any atom is 0.337 e. The summed E-state index contributed by atoms with van der Waals surface area (Å²) in [5.74, 6) is -2.37. The van der Waals surface area contributed by atoms with Gasteiger partial charge in [0.1, 0.15) is 5.70 Å². The third-order valence-corrected chi connectivity index (χ3v) is 3.96. The van der Waals surface area contributed by atoms with E-state index in [0.29, 0.717) is 8.95 Å². The molecule has 0 unspecified atom stereocenters. The number of nitrogens with one attached hydrogen (secondary N) is 1. The fourth-order valence-corrected chi connectivity index (χ4v) is 3.24. The zero-order valence-electron chi connectivity index (χ0n) is 11.0. The van der Waals surface area contributed by atoms with Gasteiger partial charge in [0, 0.05) is 15.0 Å². The monoisotopic (exact) mass is 432 g/mol. The van der Waals surface area contributed by atoms with Gasteiger partial charge in [0.2, 0.25) is 0 Å². The topological polar surface area (TPSA) is 107 Å². The predicted octanol–water partition coefficient (Wildman–Crippen LogP) is 1.57. The number of carbonyl (C=O) groups is 3. The summed E-state index contributed by atoms with van der Waals surface area (Å²) in [4.78, 5) is 35.9. The Balaban J connectivity index is 2.36. The van der Waals surface area contributed by atoms with Crippen molar-refractivity contribution < 1.29 is 24.6 Å². The number of carboxylic acid groups (broad SMARTS) is 1. The highest BCUT2D eigenvalue weighted by atomic mass is 79.9. The van der Waals surface area contributed by atoms with Crippen LogP contribution in [-0.4, -0.2) is 46.0 Å². The van der Waals surface area contributed by atoms with Crippen LogP contribution in [0.1, 0.15) is 10.4 Å². The number of benzene rings is 1. The van der Waals surface area contributed by atoms with Gasteiger partial charge in [-0.2, -0.15) is 0 Å². The lowest BCUT2D eigenvalue weighted by Gasteiger charge is -2.15. The largest absolute Gasteiger partial charge is 0.478 e. The Morgan fingerprint density at radius 3 is 2.55 bits per heavy atom. The number of amides is 2. The van der Waals surface area contributed by atoms with Gasteiger partial charge in [-0.1, -0.05) is 15.9 Å². The first-order valence-electron chi connectivity index (χ1n) is 6.03. The Hall–Kier alpha value is -1.71. The summed E-state index contributed by atoms with van der Waals surface area (Å²) in [6.07, 6.45) is 1.07. The van der Waals surface area contributed by atoms with E-state index >= 15 is 0 Å². The molecule has 1 aliphatic heterocycles. The lowest BCUT2D eigenvalue weighted by Crippen LogP contribution is -2.34. The standard InChI is InChI=1S/C13H10Br2N2O5/c14-6-3-7(13(21)22)11(8(15)4-6)16-9-5-10(19)17(1-2-18)12(9)20/h3-5,16,18H,1-2H2,(H,21,22). The Morgan fingerprint density at radius 2 is 1.95 bits per heavy atom. The molecule has 0 aromatic heterocycles.